The highest BCUT2D eigenvalue weighted by molar-refractivity contribution is 5.88. The van der Waals surface area contributed by atoms with Crippen molar-refractivity contribution in [3.63, 3.8) is 0 Å². The van der Waals surface area contributed by atoms with E-state index < -0.39 is 30.1 Å². The second-order valence-corrected chi connectivity index (χ2v) is 4.93. The van der Waals surface area contributed by atoms with Gasteiger partial charge in [-0.2, -0.15) is 13.2 Å². The van der Waals surface area contributed by atoms with Gasteiger partial charge in [0, 0.05) is 6.04 Å². The third-order valence-electron chi connectivity index (χ3n) is 3.38. The second kappa shape index (κ2) is 6.43. The summed E-state index contributed by atoms with van der Waals surface area (Å²) in [7, 11) is 0.720. The fourth-order valence-electron chi connectivity index (χ4n) is 2.21. The molecule has 0 radical (unpaired) electrons. The van der Waals surface area contributed by atoms with Gasteiger partial charge in [-0.25, -0.2) is 4.79 Å². The van der Waals surface area contributed by atoms with Crippen LogP contribution in [0, 0.1) is 0 Å². The monoisotopic (exact) mass is 297 g/mol. The van der Waals surface area contributed by atoms with Crippen molar-refractivity contribution in [2.24, 2.45) is 0 Å². The lowest BCUT2D eigenvalue weighted by atomic mass is 9.94. The number of carbonyl (C=O) groups excluding carboxylic acids is 2. The highest BCUT2D eigenvalue weighted by atomic mass is 19.4. The number of hydrogen-bond donors (Lipinski definition) is 2. The van der Waals surface area contributed by atoms with E-state index in [1.807, 2.05) is 0 Å². The first-order valence-electron chi connectivity index (χ1n) is 6.37. The van der Waals surface area contributed by atoms with Crippen molar-refractivity contribution in [3.05, 3.63) is 0 Å². The van der Waals surface area contributed by atoms with Gasteiger partial charge in [0.1, 0.15) is 0 Å². The molecule has 0 bridgehead atoms. The third-order valence-corrected chi connectivity index (χ3v) is 3.38. The molecular formula is C12H18F3NO4. The predicted octanol–water partition coefficient (Wildman–Crippen LogP) is 1.29. The van der Waals surface area contributed by atoms with Gasteiger partial charge in [-0.3, -0.25) is 4.79 Å². The first-order valence-corrected chi connectivity index (χ1v) is 6.37. The van der Waals surface area contributed by atoms with Gasteiger partial charge in [0.2, 0.25) is 5.91 Å². The van der Waals surface area contributed by atoms with E-state index in [1.54, 1.807) is 0 Å². The molecular weight excluding hydrogens is 279 g/mol. The maximum absolute atomic E-state index is 12.7. The molecule has 0 saturated heterocycles. The number of nitrogens with one attached hydrogen (secondary N) is 1. The summed E-state index contributed by atoms with van der Waals surface area (Å²) < 4.78 is 42.2. The molecule has 0 aromatic carbocycles. The first kappa shape index (κ1) is 16.7. The molecule has 0 aromatic heterocycles. The Morgan fingerprint density at radius 1 is 1.25 bits per heavy atom. The Morgan fingerprint density at radius 2 is 1.80 bits per heavy atom. The number of rotatable bonds is 4. The number of alkyl halides is 3. The van der Waals surface area contributed by atoms with Gasteiger partial charge in [0.05, 0.1) is 13.5 Å². The lowest BCUT2D eigenvalue weighted by molar-refractivity contribution is -0.262. The van der Waals surface area contributed by atoms with Crippen LogP contribution >= 0.6 is 0 Å². The van der Waals surface area contributed by atoms with E-state index in [9.17, 15) is 27.9 Å². The Morgan fingerprint density at radius 3 is 2.25 bits per heavy atom. The van der Waals surface area contributed by atoms with Crippen LogP contribution < -0.4 is 5.32 Å². The SMILES string of the molecule is COC(=O)C(O)(CC(=O)NC1CCCCC1)C(F)(F)F. The van der Waals surface area contributed by atoms with E-state index in [2.05, 4.69) is 10.1 Å². The zero-order valence-corrected chi connectivity index (χ0v) is 11.1. The van der Waals surface area contributed by atoms with Crippen LogP contribution in [0.2, 0.25) is 0 Å². The quantitative estimate of drug-likeness (QED) is 0.767. The highest BCUT2D eigenvalue weighted by Crippen LogP contribution is 2.34. The van der Waals surface area contributed by atoms with Crippen LogP contribution in [-0.2, 0) is 14.3 Å². The molecule has 1 aliphatic rings. The number of amides is 1. The van der Waals surface area contributed by atoms with Crippen LogP contribution in [0.4, 0.5) is 13.2 Å². The van der Waals surface area contributed by atoms with E-state index in [0.29, 0.717) is 12.8 Å². The number of esters is 1. The lowest BCUT2D eigenvalue weighted by Crippen LogP contribution is -2.56. The average Bonchev–Trinajstić information content (AvgIpc) is 2.37. The van der Waals surface area contributed by atoms with Crippen molar-refractivity contribution in [2.75, 3.05) is 7.11 Å². The Balaban J connectivity index is 2.70. The summed E-state index contributed by atoms with van der Waals surface area (Å²) in [6, 6.07) is -0.202. The van der Waals surface area contributed by atoms with Crippen molar-refractivity contribution in [2.45, 2.75) is 56.3 Å². The van der Waals surface area contributed by atoms with Crippen LogP contribution in [0.1, 0.15) is 38.5 Å². The van der Waals surface area contributed by atoms with Gasteiger partial charge in [-0.1, -0.05) is 19.3 Å². The second-order valence-electron chi connectivity index (χ2n) is 4.93. The predicted molar refractivity (Wildman–Crippen MR) is 62.7 cm³/mol. The summed E-state index contributed by atoms with van der Waals surface area (Å²) >= 11 is 0. The zero-order valence-electron chi connectivity index (χ0n) is 11.1. The van der Waals surface area contributed by atoms with Crippen molar-refractivity contribution in [1.29, 1.82) is 0 Å². The van der Waals surface area contributed by atoms with E-state index in [1.165, 1.54) is 0 Å². The lowest BCUT2D eigenvalue weighted by Gasteiger charge is -2.28. The smallest absolute Gasteiger partial charge is 0.428 e. The molecule has 0 heterocycles. The Labute approximate surface area is 114 Å². The Hall–Kier alpha value is -1.31. The number of methoxy groups -OCH3 is 1. The molecule has 1 fully saturated rings. The molecule has 1 atom stereocenters. The summed E-state index contributed by atoms with van der Waals surface area (Å²) in [6.45, 7) is 0. The van der Waals surface area contributed by atoms with Crippen LogP contribution in [-0.4, -0.2) is 41.9 Å². The van der Waals surface area contributed by atoms with Gasteiger partial charge in [0.25, 0.3) is 5.60 Å². The average molecular weight is 297 g/mol. The zero-order chi connectivity index (χ0) is 15.4. The number of halogens is 3. The molecule has 0 aliphatic heterocycles. The first-order chi connectivity index (χ1) is 9.20. The topological polar surface area (TPSA) is 75.6 Å². The molecule has 0 aromatic rings. The minimum atomic E-state index is -5.27. The van der Waals surface area contributed by atoms with Crippen molar-refractivity contribution < 1.29 is 32.6 Å². The molecule has 8 heteroatoms. The number of ether oxygens (including phenoxy) is 1. The molecule has 2 N–H and O–H groups in total. The largest absolute Gasteiger partial charge is 0.467 e. The molecule has 1 rings (SSSR count). The normalized spacial score (nSPS) is 20.1. The summed E-state index contributed by atoms with van der Waals surface area (Å²) in [5.74, 6) is -2.90. The summed E-state index contributed by atoms with van der Waals surface area (Å²) in [4.78, 5) is 22.8. The Kier molecular flexibility index (Phi) is 5.38. The van der Waals surface area contributed by atoms with Gasteiger partial charge >= 0.3 is 12.1 Å². The molecule has 0 spiro atoms. The van der Waals surface area contributed by atoms with Crippen molar-refractivity contribution >= 4 is 11.9 Å². The maximum atomic E-state index is 12.7. The van der Waals surface area contributed by atoms with Crippen LogP contribution in [0.15, 0.2) is 0 Å². The van der Waals surface area contributed by atoms with Crippen LogP contribution in [0.25, 0.3) is 0 Å². The van der Waals surface area contributed by atoms with Crippen LogP contribution in [0.3, 0.4) is 0 Å². The minimum Gasteiger partial charge on any atom is -0.467 e. The fraction of sp³-hybridized carbons (Fsp3) is 0.833. The van der Waals surface area contributed by atoms with Gasteiger partial charge in [0.15, 0.2) is 0 Å². The molecule has 1 saturated carbocycles. The minimum absolute atomic E-state index is 0.202. The molecule has 20 heavy (non-hydrogen) atoms. The summed E-state index contributed by atoms with van der Waals surface area (Å²) in [5.41, 5.74) is -3.81. The molecule has 1 unspecified atom stereocenters. The van der Waals surface area contributed by atoms with Crippen molar-refractivity contribution in [3.8, 4) is 0 Å². The van der Waals surface area contributed by atoms with Gasteiger partial charge < -0.3 is 15.2 Å². The van der Waals surface area contributed by atoms with Crippen molar-refractivity contribution in [1.82, 2.24) is 5.32 Å². The highest BCUT2D eigenvalue weighted by Gasteiger charge is 2.61. The van der Waals surface area contributed by atoms with E-state index >= 15 is 0 Å². The Bertz CT molecular complexity index is 366. The summed E-state index contributed by atoms with van der Waals surface area (Å²) in [5, 5.41) is 11.9. The fourth-order valence-corrected chi connectivity index (χ4v) is 2.21. The van der Waals surface area contributed by atoms with E-state index in [-0.39, 0.29) is 6.04 Å². The molecule has 1 aliphatic carbocycles. The van der Waals surface area contributed by atoms with E-state index in [0.717, 1.165) is 26.4 Å². The molecule has 116 valence electrons. The standard InChI is InChI=1S/C12H18F3NO4/c1-20-10(18)11(19,12(13,14)15)7-9(17)16-8-5-3-2-4-6-8/h8,19H,2-7H2,1H3,(H,16,17). The van der Waals surface area contributed by atoms with Crippen LogP contribution in [0.5, 0.6) is 0 Å². The molecule has 1 amide bonds. The van der Waals surface area contributed by atoms with Gasteiger partial charge in [-0.05, 0) is 12.8 Å². The summed E-state index contributed by atoms with van der Waals surface area (Å²) in [6.07, 6.45) is -2.47. The number of carbonyl (C=O) groups is 2. The molecule has 5 nitrogen and oxygen atoms in total. The maximum Gasteiger partial charge on any atom is 0.428 e. The van der Waals surface area contributed by atoms with Gasteiger partial charge in [-0.15, -0.1) is 0 Å². The van der Waals surface area contributed by atoms with E-state index in [4.69, 9.17) is 0 Å². The third kappa shape index (κ3) is 3.84. The number of aliphatic hydroxyl groups is 1. The number of hydrogen-bond acceptors (Lipinski definition) is 4.